The van der Waals surface area contributed by atoms with E-state index < -0.39 is 16.8 Å². The molecule has 31 heavy (non-hydrogen) atoms. The lowest BCUT2D eigenvalue weighted by Crippen LogP contribution is -2.24. The van der Waals surface area contributed by atoms with Gasteiger partial charge >= 0.3 is 5.97 Å². The Morgan fingerprint density at radius 3 is 2.58 bits per heavy atom. The number of carbonyl (C=O) groups is 2. The number of nitriles is 1. The minimum Gasteiger partial charge on any atom is -0.493 e. The Morgan fingerprint density at radius 1 is 1.26 bits per heavy atom. The number of nitro groups is 1. The Kier molecular flexibility index (Phi) is 7.63. The molecule has 1 N–H and O–H groups in total. The van der Waals surface area contributed by atoms with Crippen LogP contribution in [0.3, 0.4) is 0 Å². The molecule has 0 unspecified atom stereocenters. The van der Waals surface area contributed by atoms with Gasteiger partial charge in [0.05, 0.1) is 17.6 Å². The zero-order valence-electron chi connectivity index (χ0n) is 16.9. The van der Waals surface area contributed by atoms with E-state index in [0.717, 1.165) is 0 Å². The van der Waals surface area contributed by atoms with Crippen molar-refractivity contribution in [3.8, 4) is 17.6 Å². The maximum Gasteiger partial charge on any atom is 0.343 e. The number of benzene rings is 2. The van der Waals surface area contributed by atoms with Gasteiger partial charge in [-0.2, -0.15) is 5.26 Å². The van der Waals surface area contributed by atoms with Crippen LogP contribution >= 0.6 is 0 Å². The smallest absolute Gasteiger partial charge is 0.343 e. The van der Waals surface area contributed by atoms with E-state index in [1.54, 1.807) is 6.07 Å². The monoisotopic (exact) mass is 421 g/mol. The molecule has 0 saturated heterocycles. The second-order valence-corrected chi connectivity index (χ2v) is 6.23. The number of carbonyl (C=O) groups excluding carboxylic acids is 2. The van der Waals surface area contributed by atoms with E-state index in [4.69, 9.17) is 9.47 Å². The number of rotatable bonds is 8. The van der Waals surface area contributed by atoms with E-state index in [2.05, 4.69) is 11.9 Å². The molecule has 0 aromatic heterocycles. The highest BCUT2D eigenvalue weighted by molar-refractivity contribution is 6.01. The molecule has 0 radical (unpaired) electrons. The predicted octanol–water partition coefficient (Wildman–Crippen LogP) is 3.34. The summed E-state index contributed by atoms with van der Waals surface area (Å²) in [6.07, 6.45) is 2.86. The highest BCUT2D eigenvalue weighted by Crippen LogP contribution is 2.30. The van der Waals surface area contributed by atoms with Crippen LogP contribution in [0.25, 0.3) is 6.08 Å². The molecule has 0 aliphatic heterocycles. The van der Waals surface area contributed by atoms with Crippen LogP contribution in [0, 0.1) is 28.4 Å². The van der Waals surface area contributed by atoms with Crippen LogP contribution in [0.15, 0.2) is 54.6 Å². The molecule has 2 rings (SSSR count). The van der Waals surface area contributed by atoms with E-state index in [1.807, 2.05) is 6.07 Å². The fourth-order valence-corrected chi connectivity index (χ4v) is 2.58. The van der Waals surface area contributed by atoms with Gasteiger partial charge in [0.2, 0.25) is 0 Å². The van der Waals surface area contributed by atoms with Crippen LogP contribution in [0.2, 0.25) is 0 Å². The molecule has 2 aromatic rings. The number of amides is 1. The number of ether oxygens (including phenoxy) is 2. The van der Waals surface area contributed by atoms with Gasteiger partial charge in [0.1, 0.15) is 11.6 Å². The molecule has 9 heteroatoms. The van der Waals surface area contributed by atoms with Gasteiger partial charge < -0.3 is 14.8 Å². The highest BCUT2D eigenvalue weighted by Gasteiger charge is 2.17. The molecule has 0 heterocycles. The van der Waals surface area contributed by atoms with Crippen molar-refractivity contribution in [2.24, 2.45) is 0 Å². The minimum absolute atomic E-state index is 0.101. The molecule has 9 nitrogen and oxygen atoms in total. The molecule has 0 fully saturated rings. The number of methoxy groups -OCH3 is 1. The molecule has 0 atom stereocenters. The maximum atomic E-state index is 12.5. The molecule has 0 saturated carbocycles. The van der Waals surface area contributed by atoms with E-state index in [0.29, 0.717) is 11.1 Å². The zero-order chi connectivity index (χ0) is 23.0. The lowest BCUT2D eigenvalue weighted by atomic mass is 10.1. The van der Waals surface area contributed by atoms with Crippen molar-refractivity contribution in [1.82, 2.24) is 5.32 Å². The van der Waals surface area contributed by atoms with E-state index in [-0.39, 0.29) is 34.9 Å². The Morgan fingerprint density at radius 2 is 2.00 bits per heavy atom. The van der Waals surface area contributed by atoms with Gasteiger partial charge in [0, 0.05) is 18.2 Å². The molecule has 1 amide bonds. The normalized spacial score (nSPS) is 10.5. The summed E-state index contributed by atoms with van der Waals surface area (Å²) in [6, 6.07) is 10.2. The third-order valence-corrected chi connectivity index (χ3v) is 4.10. The Labute approximate surface area is 178 Å². The molecule has 0 aliphatic carbocycles. The van der Waals surface area contributed by atoms with Crippen molar-refractivity contribution in [3.05, 3.63) is 81.4 Å². The standard InChI is InChI=1S/C22H19N3O6/c1-4-9-24-21(26)17(13-23)11-15-5-8-19(20(12-15)30-3)31-22(27)16-6-7-18(25(28)29)14(2)10-16/h4-8,10-12H,1,9H2,2-3H3,(H,24,26). The fourth-order valence-electron chi connectivity index (χ4n) is 2.58. The molecule has 2 aromatic carbocycles. The van der Waals surface area contributed by atoms with Crippen LogP contribution in [0.1, 0.15) is 21.5 Å². The lowest BCUT2D eigenvalue weighted by Gasteiger charge is -2.10. The van der Waals surface area contributed by atoms with E-state index in [1.165, 1.54) is 56.5 Å². The molecule has 0 aliphatic rings. The number of hydrogen-bond donors (Lipinski definition) is 1. The summed E-state index contributed by atoms with van der Waals surface area (Å²) in [7, 11) is 1.37. The van der Waals surface area contributed by atoms with Gasteiger partial charge in [-0.15, -0.1) is 6.58 Å². The van der Waals surface area contributed by atoms with Crippen molar-refractivity contribution < 1.29 is 24.0 Å². The average Bonchev–Trinajstić information content (AvgIpc) is 2.76. The second kappa shape index (κ2) is 10.4. The largest absolute Gasteiger partial charge is 0.493 e. The topological polar surface area (TPSA) is 132 Å². The average molecular weight is 421 g/mol. The first kappa shape index (κ1) is 22.8. The summed E-state index contributed by atoms with van der Waals surface area (Å²) >= 11 is 0. The van der Waals surface area contributed by atoms with E-state index in [9.17, 15) is 25.0 Å². The second-order valence-electron chi connectivity index (χ2n) is 6.23. The summed E-state index contributed by atoms with van der Waals surface area (Å²) < 4.78 is 10.6. The van der Waals surface area contributed by atoms with E-state index >= 15 is 0 Å². The Balaban J connectivity index is 2.26. The molecular weight excluding hydrogens is 402 g/mol. The van der Waals surface area contributed by atoms with Gasteiger partial charge in [-0.05, 0) is 42.8 Å². The van der Waals surface area contributed by atoms with Gasteiger partial charge in [-0.1, -0.05) is 12.1 Å². The Hall–Kier alpha value is -4.45. The summed E-state index contributed by atoms with van der Waals surface area (Å²) in [5.74, 6) is -0.966. The van der Waals surface area contributed by atoms with Crippen LogP contribution in [0.4, 0.5) is 5.69 Å². The zero-order valence-corrected chi connectivity index (χ0v) is 16.9. The molecule has 0 spiro atoms. The van der Waals surface area contributed by atoms with Crippen LogP contribution in [-0.4, -0.2) is 30.5 Å². The van der Waals surface area contributed by atoms with Crippen molar-refractivity contribution in [1.29, 1.82) is 5.26 Å². The first-order chi connectivity index (χ1) is 14.8. The molecular formula is C22H19N3O6. The Bertz CT molecular complexity index is 1110. The maximum absolute atomic E-state index is 12.5. The first-order valence-electron chi connectivity index (χ1n) is 8.96. The quantitative estimate of drug-likeness (QED) is 0.131. The molecule has 158 valence electrons. The summed E-state index contributed by atoms with van der Waals surface area (Å²) in [4.78, 5) is 34.8. The predicted molar refractivity (Wildman–Crippen MR) is 113 cm³/mol. The number of nitrogens with one attached hydrogen (secondary N) is 1. The first-order valence-corrected chi connectivity index (χ1v) is 8.96. The number of esters is 1. The van der Waals surface area contributed by atoms with Crippen molar-refractivity contribution in [2.45, 2.75) is 6.92 Å². The van der Waals surface area contributed by atoms with Crippen LogP contribution in [-0.2, 0) is 4.79 Å². The number of hydrogen-bond acceptors (Lipinski definition) is 7. The van der Waals surface area contributed by atoms with Gasteiger partial charge in [-0.3, -0.25) is 14.9 Å². The lowest BCUT2D eigenvalue weighted by molar-refractivity contribution is -0.385. The third-order valence-electron chi connectivity index (χ3n) is 4.10. The number of nitro benzene ring substituents is 1. The SMILES string of the molecule is C=CCNC(=O)C(C#N)=Cc1ccc(OC(=O)c2ccc([N+](=O)[O-])c(C)c2)c(OC)c1. The summed E-state index contributed by atoms with van der Waals surface area (Å²) in [5.41, 5.74) is 0.726. The van der Waals surface area contributed by atoms with Crippen LogP contribution in [0.5, 0.6) is 11.5 Å². The highest BCUT2D eigenvalue weighted by atomic mass is 16.6. The van der Waals surface area contributed by atoms with Gasteiger partial charge in [0.25, 0.3) is 11.6 Å². The van der Waals surface area contributed by atoms with Gasteiger partial charge in [-0.25, -0.2) is 4.79 Å². The minimum atomic E-state index is -0.721. The van der Waals surface area contributed by atoms with Crippen molar-refractivity contribution >= 4 is 23.6 Å². The molecule has 0 bridgehead atoms. The van der Waals surface area contributed by atoms with Crippen molar-refractivity contribution in [3.63, 3.8) is 0 Å². The summed E-state index contributed by atoms with van der Waals surface area (Å²) in [5, 5.41) is 22.6. The summed E-state index contributed by atoms with van der Waals surface area (Å²) in [6.45, 7) is 5.23. The number of nitrogens with zero attached hydrogens (tertiary/aromatic N) is 2. The fraction of sp³-hybridized carbons (Fsp3) is 0.136. The third kappa shape index (κ3) is 5.77. The number of aryl methyl sites for hydroxylation is 1. The van der Waals surface area contributed by atoms with Gasteiger partial charge in [0.15, 0.2) is 11.5 Å². The van der Waals surface area contributed by atoms with Crippen LogP contribution < -0.4 is 14.8 Å². The van der Waals surface area contributed by atoms with Crippen molar-refractivity contribution in [2.75, 3.05) is 13.7 Å².